The van der Waals surface area contributed by atoms with Crippen LogP contribution in [0.5, 0.6) is 0 Å². The maximum atomic E-state index is 6.26. The molecule has 3 heteroatoms. The van der Waals surface area contributed by atoms with Gasteiger partial charge in [-0.1, -0.05) is 0 Å². The molecule has 3 unspecified atom stereocenters. The van der Waals surface area contributed by atoms with Crippen molar-refractivity contribution in [1.29, 1.82) is 0 Å². The van der Waals surface area contributed by atoms with E-state index < -0.39 is 0 Å². The molecule has 0 bridgehead atoms. The van der Waals surface area contributed by atoms with Crippen LogP contribution in [0.15, 0.2) is 0 Å². The normalized spacial score (nSPS) is 37.6. The van der Waals surface area contributed by atoms with Crippen molar-refractivity contribution < 1.29 is 4.74 Å². The SMILES string of the molecule is NC(C1CCCOC1)C1CCSC1. The highest BCUT2D eigenvalue weighted by atomic mass is 32.2. The number of hydrogen-bond donors (Lipinski definition) is 1. The van der Waals surface area contributed by atoms with Crippen molar-refractivity contribution in [2.75, 3.05) is 24.7 Å². The molecule has 0 spiro atoms. The van der Waals surface area contributed by atoms with E-state index in [1.807, 2.05) is 0 Å². The van der Waals surface area contributed by atoms with Gasteiger partial charge in [-0.25, -0.2) is 0 Å². The van der Waals surface area contributed by atoms with Gasteiger partial charge in [0.15, 0.2) is 0 Å². The maximum Gasteiger partial charge on any atom is 0.0509 e. The minimum Gasteiger partial charge on any atom is -0.381 e. The van der Waals surface area contributed by atoms with Crippen molar-refractivity contribution in [2.45, 2.75) is 25.3 Å². The van der Waals surface area contributed by atoms with Crippen LogP contribution >= 0.6 is 11.8 Å². The van der Waals surface area contributed by atoms with E-state index in [9.17, 15) is 0 Å². The monoisotopic (exact) mass is 201 g/mol. The van der Waals surface area contributed by atoms with Crippen LogP contribution in [0.4, 0.5) is 0 Å². The second kappa shape index (κ2) is 4.67. The maximum absolute atomic E-state index is 6.26. The van der Waals surface area contributed by atoms with Gasteiger partial charge >= 0.3 is 0 Å². The fraction of sp³-hybridized carbons (Fsp3) is 1.00. The molecule has 2 N–H and O–H groups in total. The summed E-state index contributed by atoms with van der Waals surface area (Å²) in [6, 6.07) is 0.398. The lowest BCUT2D eigenvalue weighted by molar-refractivity contribution is 0.0379. The number of thioether (sulfide) groups is 1. The van der Waals surface area contributed by atoms with E-state index in [-0.39, 0.29) is 0 Å². The molecule has 13 heavy (non-hydrogen) atoms. The zero-order valence-corrected chi connectivity index (χ0v) is 8.89. The molecule has 2 nitrogen and oxygen atoms in total. The van der Waals surface area contributed by atoms with Gasteiger partial charge in [-0.15, -0.1) is 0 Å². The van der Waals surface area contributed by atoms with Gasteiger partial charge in [-0.05, 0) is 42.6 Å². The predicted octanol–water partition coefficient (Wildman–Crippen LogP) is 1.49. The van der Waals surface area contributed by atoms with Gasteiger partial charge in [0.1, 0.15) is 0 Å². The summed E-state index contributed by atoms with van der Waals surface area (Å²) in [7, 11) is 0. The average molecular weight is 201 g/mol. The van der Waals surface area contributed by atoms with E-state index in [4.69, 9.17) is 10.5 Å². The third-order valence-electron chi connectivity index (χ3n) is 3.25. The summed E-state index contributed by atoms with van der Waals surface area (Å²) in [5.41, 5.74) is 6.26. The molecule has 2 rings (SSSR count). The molecule has 0 saturated carbocycles. The van der Waals surface area contributed by atoms with E-state index in [1.165, 1.54) is 30.8 Å². The molecule has 0 aromatic carbocycles. The lowest BCUT2D eigenvalue weighted by Crippen LogP contribution is -2.41. The van der Waals surface area contributed by atoms with E-state index in [0.29, 0.717) is 12.0 Å². The van der Waals surface area contributed by atoms with Crippen molar-refractivity contribution >= 4 is 11.8 Å². The largest absolute Gasteiger partial charge is 0.381 e. The molecule has 0 radical (unpaired) electrons. The van der Waals surface area contributed by atoms with Crippen LogP contribution in [-0.4, -0.2) is 30.8 Å². The molecule has 3 atom stereocenters. The fourth-order valence-corrected chi connectivity index (χ4v) is 3.64. The highest BCUT2D eigenvalue weighted by Crippen LogP contribution is 2.30. The highest BCUT2D eigenvalue weighted by Gasteiger charge is 2.29. The van der Waals surface area contributed by atoms with Crippen molar-refractivity contribution in [3.63, 3.8) is 0 Å². The Hall–Kier alpha value is 0.270. The van der Waals surface area contributed by atoms with Crippen LogP contribution < -0.4 is 5.73 Å². The molecule has 0 aromatic rings. The minimum atomic E-state index is 0.398. The van der Waals surface area contributed by atoms with E-state index in [1.54, 1.807) is 0 Å². The Morgan fingerprint density at radius 2 is 2.23 bits per heavy atom. The Kier molecular flexibility index (Phi) is 3.52. The highest BCUT2D eigenvalue weighted by molar-refractivity contribution is 7.99. The van der Waals surface area contributed by atoms with Crippen molar-refractivity contribution in [3.05, 3.63) is 0 Å². The molecule has 2 fully saturated rings. The molecular weight excluding hydrogens is 182 g/mol. The summed E-state index contributed by atoms with van der Waals surface area (Å²) in [5, 5.41) is 0. The second-order valence-electron chi connectivity index (χ2n) is 4.18. The molecule has 0 aromatic heterocycles. The molecule has 2 heterocycles. The zero-order chi connectivity index (χ0) is 9.10. The van der Waals surface area contributed by atoms with Crippen LogP contribution in [0.2, 0.25) is 0 Å². The number of hydrogen-bond acceptors (Lipinski definition) is 3. The lowest BCUT2D eigenvalue weighted by Gasteiger charge is -2.30. The van der Waals surface area contributed by atoms with Gasteiger partial charge in [-0.2, -0.15) is 11.8 Å². The molecule has 0 amide bonds. The minimum absolute atomic E-state index is 0.398. The van der Waals surface area contributed by atoms with Gasteiger partial charge in [0.2, 0.25) is 0 Å². The first-order valence-electron chi connectivity index (χ1n) is 5.29. The van der Waals surface area contributed by atoms with Crippen LogP contribution in [0, 0.1) is 11.8 Å². The summed E-state index contributed by atoms with van der Waals surface area (Å²) in [5.74, 6) is 3.98. The van der Waals surface area contributed by atoms with Gasteiger partial charge in [-0.3, -0.25) is 0 Å². The van der Waals surface area contributed by atoms with Crippen molar-refractivity contribution in [1.82, 2.24) is 0 Å². The molecular formula is C10H19NOS. The number of nitrogens with two attached hydrogens (primary N) is 1. The van der Waals surface area contributed by atoms with Crippen molar-refractivity contribution in [3.8, 4) is 0 Å². The van der Waals surface area contributed by atoms with Crippen LogP contribution in [0.1, 0.15) is 19.3 Å². The lowest BCUT2D eigenvalue weighted by atomic mass is 9.85. The van der Waals surface area contributed by atoms with Crippen LogP contribution in [0.25, 0.3) is 0 Å². The summed E-state index contributed by atoms with van der Waals surface area (Å²) in [6.45, 7) is 1.85. The smallest absolute Gasteiger partial charge is 0.0509 e. The Bertz CT molecular complexity index is 153. The Balaban J connectivity index is 1.83. The topological polar surface area (TPSA) is 35.2 Å². The van der Waals surface area contributed by atoms with E-state index in [2.05, 4.69) is 11.8 Å². The molecule has 2 aliphatic rings. The predicted molar refractivity (Wildman–Crippen MR) is 57.0 cm³/mol. The van der Waals surface area contributed by atoms with E-state index in [0.717, 1.165) is 19.1 Å². The fourth-order valence-electron chi connectivity index (χ4n) is 2.31. The Morgan fingerprint density at radius 1 is 1.31 bits per heavy atom. The Labute approximate surface area is 84.6 Å². The first-order valence-corrected chi connectivity index (χ1v) is 6.44. The third kappa shape index (κ3) is 2.39. The first kappa shape index (κ1) is 9.81. The van der Waals surface area contributed by atoms with Gasteiger partial charge < -0.3 is 10.5 Å². The zero-order valence-electron chi connectivity index (χ0n) is 8.08. The van der Waals surface area contributed by atoms with Gasteiger partial charge in [0.05, 0.1) is 6.61 Å². The van der Waals surface area contributed by atoms with Gasteiger partial charge in [0.25, 0.3) is 0 Å². The molecule has 2 saturated heterocycles. The average Bonchev–Trinajstić information content (AvgIpc) is 2.71. The molecule has 2 aliphatic heterocycles. The third-order valence-corrected chi connectivity index (χ3v) is 4.44. The van der Waals surface area contributed by atoms with E-state index >= 15 is 0 Å². The summed E-state index contributed by atoms with van der Waals surface area (Å²) in [6.07, 6.45) is 3.81. The second-order valence-corrected chi connectivity index (χ2v) is 5.33. The quantitative estimate of drug-likeness (QED) is 0.735. The first-order chi connectivity index (χ1) is 6.38. The van der Waals surface area contributed by atoms with Crippen LogP contribution in [0.3, 0.4) is 0 Å². The standard InChI is InChI=1S/C10H19NOS/c11-10(9-3-5-13-7-9)8-2-1-4-12-6-8/h8-10H,1-7,11H2. The molecule has 0 aliphatic carbocycles. The number of rotatable bonds is 2. The summed E-state index contributed by atoms with van der Waals surface area (Å²) >= 11 is 2.05. The molecule has 76 valence electrons. The van der Waals surface area contributed by atoms with Gasteiger partial charge in [0, 0.05) is 12.6 Å². The Morgan fingerprint density at radius 3 is 2.85 bits per heavy atom. The number of ether oxygens (including phenoxy) is 1. The summed E-state index contributed by atoms with van der Waals surface area (Å²) in [4.78, 5) is 0. The summed E-state index contributed by atoms with van der Waals surface area (Å²) < 4.78 is 5.48. The van der Waals surface area contributed by atoms with Crippen LogP contribution in [-0.2, 0) is 4.74 Å². The van der Waals surface area contributed by atoms with Crippen molar-refractivity contribution in [2.24, 2.45) is 17.6 Å².